The van der Waals surface area contributed by atoms with Gasteiger partial charge in [-0.25, -0.2) is 0 Å². The molecule has 0 radical (unpaired) electrons. The Bertz CT molecular complexity index is 87.7. The molecule has 1 saturated carbocycles. The molecule has 0 heterocycles. The van der Waals surface area contributed by atoms with E-state index in [1.54, 1.807) is 0 Å². The Labute approximate surface area is 48.1 Å². The summed E-state index contributed by atoms with van der Waals surface area (Å²) in [5.41, 5.74) is 6.92. The summed E-state index contributed by atoms with van der Waals surface area (Å²) in [4.78, 5) is 0. The maximum atomic E-state index is 5.55. The van der Waals surface area contributed by atoms with Crippen molar-refractivity contribution in [3.8, 4) is 0 Å². The third-order valence-corrected chi connectivity index (χ3v) is 1.25. The molecule has 0 aromatic heterocycles. The Kier molecular flexibility index (Phi) is 1.01. The molecule has 3 heteroatoms. The fourth-order valence-electron chi connectivity index (χ4n) is 0.396. The third-order valence-electron chi connectivity index (χ3n) is 1.14. The highest BCUT2D eigenvalue weighted by molar-refractivity contribution is 7.78. The molecule has 0 spiro atoms. The molecule has 0 aromatic rings. The molecule has 1 fully saturated rings. The Hall–Kier alpha value is -0.150. The molecule has 2 nitrogen and oxygen atoms in total. The summed E-state index contributed by atoms with van der Waals surface area (Å²) in [6, 6.07) is 0. The van der Waals surface area contributed by atoms with Gasteiger partial charge in [-0.05, 0) is 12.8 Å². The molecule has 0 aliphatic heterocycles. The molecular formula is C4H8N2S. The minimum atomic E-state index is -0.109. The zero-order valence-electron chi connectivity index (χ0n) is 3.98. The van der Waals surface area contributed by atoms with Crippen LogP contribution >= 0.6 is 12.2 Å². The first-order valence-corrected chi connectivity index (χ1v) is 2.74. The van der Waals surface area contributed by atoms with E-state index in [2.05, 4.69) is 17.5 Å². The van der Waals surface area contributed by atoms with Crippen molar-refractivity contribution < 1.29 is 0 Å². The van der Waals surface area contributed by atoms with Crippen LogP contribution in [0.3, 0.4) is 0 Å². The molecule has 0 unspecified atom stereocenters. The summed E-state index contributed by atoms with van der Waals surface area (Å²) in [5, 5.41) is 2.86. The Balaban J connectivity index is 2.25. The smallest absolute Gasteiger partial charge is 0.0861 e. The predicted octanol–water partition coefficient (Wildman–Crippen LogP) is -0.0180. The van der Waals surface area contributed by atoms with Crippen molar-refractivity contribution in [1.29, 1.82) is 0 Å². The van der Waals surface area contributed by atoms with E-state index in [9.17, 15) is 0 Å². The van der Waals surface area contributed by atoms with Gasteiger partial charge >= 0.3 is 0 Å². The molecule has 40 valence electrons. The second kappa shape index (κ2) is 1.42. The Morgan fingerprint density at radius 1 is 1.71 bits per heavy atom. The van der Waals surface area contributed by atoms with Crippen LogP contribution in [-0.2, 0) is 0 Å². The molecule has 0 bridgehead atoms. The lowest BCUT2D eigenvalue weighted by atomic mass is 10.5. The monoisotopic (exact) mass is 116 g/mol. The minimum Gasteiger partial charge on any atom is -0.365 e. The first-order chi connectivity index (χ1) is 3.27. The summed E-state index contributed by atoms with van der Waals surface area (Å²) in [6.07, 6.45) is 2.11. The molecule has 0 atom stereocenters. The van der Waals surface area contributed by atoms with Gasteiger partial charge in [0, 0.05) is 0 Å². The fraction of sp³-hybridized carbons (Fsp3) is 0.750. The number of nitrogens with two attached hydrogens (primary N) is 1. The second-order valence-corrected chi connectivity index (χ2v) is 2.15. The van der Waals surface area contributed by atoms with E-state index in [-0.39, 0.29) is 5.66 Å². The molecule has 0 amide bonds. The highest BCUT2D eigenvalue weighted by atomic mass is 32.1. The van der Waals surface area contributed by atoms with Crippen LogP contribution in [-0.4, -0.2) is 11.2 Å². The topological polar surface area (TPSA) is 38.0 Å². The highest BCUT2D eigenvalue weighted by Gasteiger charge is 2.36. The van der Waals surface area contributed by atoms with Gasteiger partial charge in [-0.1, -0.05) is 12.2 Å². The van der Waals surface area contributed by atoms with E-state index in [4.69, 9.17) is 5.73 Å². The number of nitrogens with one attached hydrogen (secondary N) is 1. The maximum Gasteiger partial charge on any atom is 0.0861 e. The van der Waals surface area contributed by atoms with E-state index < -0.39 is 0 Å². The van der Waals surface area contributed by atoms with Crippen molar-refractivity contribution >= 4 is 17.7 Å². The molecule has 0 saturated heterocycles. The Morgan fingerprint density at radius 3 is 2.43 bits per heavy atom. The van der Waals surface area contributed by atoms with E-state index in [1.807, 2.05) is 0 Å². The summed E-state index contributed by atoms with van der Waals surface area (Å²) in [6.45, 7) is 0. The zero-order chi connectivity index (χ0) is 5.33. The van der Waals surface area contributed by atoms with Crippen molar-refractivity contribution in [3.05, 3.63) is 0 Å². The Morgan fingerprint density at radius 2 is 2.29 bits per heavy atom. The normalized spacial score (nSPS) is 23.6. The lowest BCUT2D eigenvalue weighted by molar-refractivity contribution is 0.644. The van der Waals surface area contributed by atoms with Crippen molar-refractivity contribution in [1.82, 2.24) is 5.32 Å². The van der Waals surface area contributed by atoms with Gasteiger partial charge in [0.1, 0.15) is 0 Å². The SMILES string of the molecule is NC1(NC=S)CC1. The van der Waals surface area contributed by atoms with Gasteiger partial charge in [0.25, 0.3) is 0 Å². The van der Waals surface area contributed by atoms with Crippen LogP contribution < -0.4 is 11.1 Å². The number of rotatable bonds is 2. The zero-order valence-corrected chi connectivity index (χ0v) is 4.79. The van der Waals surface area contributed by atoms with Crippen molar-refractivity contribution in [2.45, 2.75) is 18.5 Å². The van der Waals surface area contributed by atoms with Crippen LogP contribution in [0.4, 0.5) is 0 Å². The summed E-state index contributed by atoms with van der Waals surface area (Å²) in [5.74, 6) is 0. The van der Waals surface area contributed by atoms with Gasteiger partial charge < -0.3 is 11.1 Å². The van der Waals surface area contributed by atoms with Gasteiger partial charge in [-0.3, -0.25) is 0 Å². The van der Waals surface area contributed by atoms with E-state index in [0.717, 1.165) is 12.8 Å². The van der Waals surface area contributed by atoms with E-state index in [1.165, 1.54) is 5.49 Å². The van der Waals surface area contributed by atoms with Gasteiger partial charge in [0.2, 0.25) is 0 Å². The van der Waals surface area contributed by atoms with Gasteiger partial charge in [0.05, 0.1) is 11.2 Å². The molecule has 3 N–H and O–H groups in total. The van der Waals surface area contributed by atoms with Crippen LogP contribution in [0.2, 0.25) is 0 Å². The van der Waals surface area contributed by atoms with Crippen molar-refractivity contribution in [2.24, 2.45) is 5.73 Å². The summed E-state index contributed by atoms with van der Waals surface area (Å²) >= 11 is 4.52. The maximum absolute atomic E-state index is 5.55. The highest BCUT2D eigenvalue weighted by Crippen LogP contribution is 2.27. The standard InChI is InChI=1S/C4H8N2S/c5-4(1-2-4)6-3-7/h3H,1-2,5H2,(H,6,7). The van der Waals surface area contributed by atoms with Crippen LogP contribution in [0.1, 0.15) is 12.8 Å². The molecule has 0 aromatic carbocycles. The van der Waals surface area contributed by atoms with Crippen LogP contribution in [0.15, 0.2) is 0 Å². The molecule has 1 rings (SSSR count). The number of hydrogen-bond donors (Lipinski definition) is 2. The van der Waals surface area contributed by atoms with E-state index >= 15 is 0 Å². The third kappa shape index (κ3) is 1.11. The van der Waals surface area contributed by atoms with Gasteiger partial charge in [0.15, 0.2) is 0 Å². The van der Waals surface area contributed by atoms with Gasteiger partial charge in [-0.2, -0.15) is 0 Å². The average molecular weight is 116 g/mol. The lowest BCUT2D eigenvalue weighted by Crippen LogP contribution is -2.38. The molecule has 7 heavy (non-hydrogen) atoms. The van der Waals surface area contributed by atoms with Crippen molar-refractivity contribution in [2.75, 3.05) is 0 Å². The number of thiocarbonyl (C=S) groups is 1. The van der Waals surface area contributed by atoms with Crippen LogP contribution in [0, 0.1) is 0 Å². The second-order valence-electron chi connectivity index (χ2n) is 1.92. The quantitative estimate of drug-likeness (QED) is 0.393. The number of hydrogen-bond acceptors (Lipinski definition) is 2. The first-order valence-electron chi connectivity index (χ1n) is 2.27. The molecule has 1 aliphatic rings. The van der Waals surface area contributed by atoms with Gasteiger partial charge in [-0.15, -0.1) is 0 Å². The minimum absolute atomic E-state index is 0.109. The largest absolute Gasteiger partial charge is 0.365 e. The summed E-state index contributed by atoms with van der Waals surface area (Å²) < 4.78 is 0. The predicted molar refractivity (Wildman–Crippen MR) is 32.9 cm³/mol. The van der Waals surface area contributed by atoms with Crippen molar-refractivity contribution in [3.63, 3.8) is 0 Å². The van der Waals surface area contributed by atoms with E-state index in [0.29, 0.717) is 0 Å². The fourth-order valence-corrected chi connectivity index (χ4v) is 0.631. The molecule has 1 aliphatic carbocycles. The van der Waals surface area contributed by atoms with Crippen LogP contribution in [0.5, 0.6) is 0 Å². The average Bonchev–Trinajstić information content (AvgIpc) is 2.22. The molecular weight excluding hydrogens is 108 g/mol. The van der Waals surface area contributed by atoms with Crippen LogP contribution in [0.25, 0.3) is 0 Å². The summed E-state index contributed by atoms with van der Waals surface area (Å²) in [7, 11) is 0. The first kappa shape index (κ1) is 5.00. The lowest BCUT2D eigenvalue weighted by Gasteiger charge is -2.04.